The average Bonchev–Trinajstić information content (AvgIpc) is 3.10. The highest BCUT2D eigenvalue weighted by molar-refractivity contribution is 7.12. The van der Waals surface area contributed by atoms with E-state index in [0.717, 1.165) is 11.4 Å². The number of nitrogens with one attached hydrogen (secondary N) is 1. The fourth-order valence-corrected chi connectivity index (χ4v) is 2.59. The fourth-order valence-electron chi connectivity index (χ4n) is 1.89. The van der Waals surface area contributed by atoms with Crippen LogP contribution in [-0.2, 0) is 0 Å². The summed E-state index contributed by atoms with van der Waals surface area (Å²) < 4.78 is 1.72. The molecule has 1 N–H and O–H groups in total. The number of hydrogen-bond acceptors (Lipinski definition) is 4. The molecule has 0 bridgehead atoms. The van der Waals surface area contributed by atoms with E-state index >= 15 is 0 Å². The van der Waals surface area contributed by atoms with Gasteiger partial charge in [-0.25, -0.2) is 9.67 Å². The summed E-state index contributed by atoms with van der Waals surface area (Å²) in [6.07, 6.45) is 3.54. The molecule has 0 atom stereocenters. The van der Waals surface area contributed by atoms with Crippen molar-refractivity contribution in [3.63, 3.8) is 0 Å². The van der Waals surface area contributed by atoms with Gasteiger partial charge >= 0.3 is 0 Å². The second-order valence-corrected chi connectivity index (χ2v) is 5.04. The number of nitrogens with zero attached hydrogens (tertiary/aromatic N) is 3. The number of aromatic nitrogens is 3. The van der Waals surface area contributed by atoms with Crippen molar-refractivity contribution in [2.24, 2.45) is 0 Å². The van der Waals surface area contributed by atoms with Crippen molar-refractivity contribution in [2.75, 3.05) is 5.32 Å². The molecule has 5 nitrogen and oxygen atoms in total. The first-order chi connectivity index (χ1) is 9.75. The van der Waals surface area contributed by atoms with Crippen molar-refractivity contribution in [1.82, 2.24) is 14.8 Å². The van der Waals surface area contributed by atoms with E-state index < -0.39 is 0 Å². The first-order valence-corrected chi connectivity index (χ1v) is 6.94. The Balaban J connectivity index is 1.92. The molecule has 0 fully saturated rings. The second kappa shape index (κ2) is 5.26. The molecule has 2 heterocycles. The third-order valence-corrected chi connectivity index (χ3v) is 3.78. The van der Waals surface area contributed by atoms with Crippen LogP contribution >= 0.6 is 11.3 Å². The van der Waals surface area contributed by atoms with Gasteiger partial charge in [-0.3, -0.25) is 4.79 Å². The summed E-state index contributed by atoms with van der Waals surface area (Å²) in [6, 6.07) is 9.38. The van der Waals surface area contributed by atoms with Crippen molar-refractivity contribution in [2.45, 2.75) is 6.92 Å². The molecule has 100 valence electrons. The Kier molecular flexibility index (Phi) is 3.30. The minimum absolute atomic E-state index is 0.149. The van der Waals surface area contributed by atoms with Crippen molar-refractivity contribution in [3.8, 4) is 5.69 Å². The molecule has 2 aromatic heterocycles. The lowest BCUT2D eigenvalue weighted by Crippen LogP contribution is -2.13. The molecule has 0 aliphatic rings. The maximum atomic E-state index is 12.2. The Labute approximate surface area is 119 Å². The number of thiazole rings is 1. The van der Waals surface area contributed by atoms with Gasteiger partial charge in [0.05, 0.1) is 22.6 Å². The van der Waals surface area contributed by atoms with Gasteiger partial charge in [0.2, 0.25) is 0 Å². The Morgan fingerprint density at radius 1 is 1.30 bits per heavy atom. The van der Waals surface area contributed by atoms with Gasteiger partial charge in [-0.1, -0.05) is 12.1 Å². The summed E-state index contributed by atoms with van der Waals surface area (Å²) in [7, 11) is 0. The summed E-state index contributed by atoms with van der Waals surface area (Å²) in [4.78, 5) is 17.0. The van der Waals surface area contributed by atoms with Gasteiger partial charge < -0.3 is 5.32 Å². The van der Waals surface area contributed by atoms with Gasteiger partial charge in [0, 0.05) is 12.4 Å². The van der Waals surface area contributed by atoms with Gasteiger partial charge in [-0.05, 0) is 25.1 Å². The average molecular weight is 284 g/mol. The minimum Gasteiger partial charge on any atom is -0.319 e. The third-order valence-electron chi connectivity index (χ3n) is 2.86. The monoisotopic (exact) mass is 284 g/mol. The number of anilines is 1. The van der Waals surface area contributed by atoms with Crippen molar-refractivity contribution < 1.29 is 4.79 Å². The largest absolute Gasteiger partial charge is 0.319 e. The van der Waals surface area contributed by atoms with Crippen LogP contribution in [-0.4, -0.2) is 20.7 Å². The number of benzene rings is 1. The SMILES string of the molecule is Cc1ncsc1C(=O)Nc1ccccc1-n1cccn1. The van der Waals surface area contributed by atoms with E-state index in [-0.39, 0.29) is 5.91 Å². The van der Waals surface area contributed by atoms with Gasteiger partial charge in [-0.15, -0.1) is 11.3 Å². The van der Waals surface area contributed by atoms with Gasteiger partial charge in [0.15, 0.2) is 0 Å². The van der Waals surface area contributed by atoms with Crippen LogP contribution in [0.4, 0.5) is 5.69 Å². The zero-order valence-corrected chi connectivity index (χ0v) is 11.6. The number of amides is 1. The number of rotatable bonds is 3. The number of hydrogen-bond donors (Lipinski definition) is 1. The number of para-hydroxylation sites is 2. The number of carbonyl (C=O) groups excluding carboxylic acids is 1. The maximum absolute atomic E-state index is 12.2. The Morgan fingerprint density at radius 2 is 2.15 bits per heavy atom. The lowest BCUT2D eigenvalue weighted by molar-refractivity contribution is 0.103. The molecular weight excluding hydrogens is 272 g/mol. The van der Waals surface area contributed by atoms with E-state index in [4.69, 9.17) is 0 Å². The van der Waals surface area contributed by atoms with Crippen LogP contribution in [0.3, 0.4) is 0 Å². The van der Waals surface area contributed by atoms with Crippen LogP contribution in [0.1, 0.15) is 15.4 Å². The highest BCUT2D eigenvalue weighted by Crippen LogP contribution is 2.21. The molecular formula is C14H12N4OS. The molecule has 0 spiro atoms. The summed E-state index contributed by atoms with van der Waals surface area (Å²) in [5, 5.41) is 7.10. The van der Waals surface area contributed by atoms with Crippen molar-refractivity contribution in [3.05, 3.63) is 58.8 Å². The quantitative estimate of drug-likeness (QED) is 0.804. The van der Waals surface area contributed by atoms with Crippen molar-refractivity contribution >= 4 is 22.9 Å². The van der Waals surface area contributed by atoms with E-state index in [9.17, 15) is 4.79 Å². The number of carbonyl (C=O) groups is 1. The first kappa shape index (κ1) is 12.6. The molecule has 1 amide bonds. The van der Waals surface area contributed by atoms with Gasteiger partial charge in [0.25, 0.3) is 5.91 Å². The lowest BCUT2D eigenvalue weighted by Gasteiger charge is -2.10. The molecule has 0 aliphatic heterocycles. The zero-order chi connectivity index (χ0) is 13.9. The molecule has 3 rings (SSSR count). The molecule has 0 unspecified atom stereocenters. The third kappa shape index (κ3) is 2.33. The summed E-state index contributed by atoms with van der Waals surface area (Å²) in [6.45, 7) is 1.82. The zero-order valence-electron chi connectivity index (χ0n) is 10.8. The predicted octanol–water partition coefficient (Wildman–Crippen LogP) is 2.89. The topological polar surface area (TPSA) is 59.8 Å². The molecule has 6 heteroatoms. The van der Waals surface area contributed by atoms with Crippen molar-refractivity contribution in [1.29, 1.82) is 0 Å². The van der Waals surface area contributed by atoms with E-state index in [1.807, 2.05) is 43.5 Å². The number of aryl methyl sites for hydroxylation is 1. The standard InChI is InChI=1S/C14H12N4OS/c1-10-13(20-9-15-10)14(19)17-11-5-2-3-6-12(11)18-8-4-7-16-18/h2-9H,1H3,(H,17,19). The highest BCUT2D eigenvalue weighted by Gasteiger charge is 2.14. The molecule has 20 heavy (non-hydrogen) atoms. The maximum Gasteiger partial charge on any atom is 0.267 e. The van der Waals surface area contributed by atoms with E-state index in [0.29, 0.717) is 10.6 Å². The Morgan fingerprint density at radius 3 is 2.85 bits per heavy atom. The highest BCUT2D eigenvalue weighted by atomic mass is 32.1. The normalized spacial score (nSPS) is 10.4. The summed E-state index contributed by atoms with van der Waals surface area (Å²) in [5.41, 5.74) is 3.95. The summed E-state index contributed by atoms with van der Waals surface area (Å²) in [5.74, 6) is -0.149. The van der Waals surface area contributed by atoms with Gasteiger partial charge in [0.1, 0.15) is 4.88 Å². The van der Waals surface area contributed by atoms with Gasteiger partial charge in [-0.2, -0.15) is 5.10 Å². The molecule has 0 saturated heterocycles. The predicted molar refractivity (Wildman–Crippen MR) is 78.4 cm³/mol. The van der Waals surface area contributed by atoms with Crippen LogP contribution < -0.4 is 5.32 Å². The molecule has 0 aliphatic carbocycles. The van der Waals surface area contributed by atoms with E-state index in [2.05, 4.69) is 15.4 Å². The molecule has 1 aromatic carbocycles. The Bertz CT molecular complexity index is 733. The molecule has 3 aromatic rings. The molecule has 0 radical (unpaired) electrons. The van der Waals surface area contributed by atoms with E-state index in [1.165, 1.54) is 11.3 Å². The summed E-state index contributed by atoms with van der Waals surface area (Å²) >= 11 is 1.33. The van der Waals surface area contributed by atoms with E-state index in [1.54, 1.807) is 16.4 Å². The fraction of sp³-hybridized carbons (Fsp3) is 0.0714. The van der Waals surface area contributed by atoms with Crippen LogP contribution in [0.25, 0.3) is 5.69 Å². The Hall–Kier alpha value is -2.47. The second-order valence-electron chi connectivity index (χ2n) is 4.19. The lowest BCUT2D eigenvalue weighted by atomic mass is 10.2. The van der Waals surface area contributed by atoms with Crippen LogP contribution in [0, 0.1) is 6.92 Å². The van der Waals surface area contributed by atoms with Crippen LogP contribution in [0.2, 0.25) is 0 Å². The smallest absolute Gasteiger partial charge is 0.267 e. The van der Waals surface area contributed by atoms with Crippen LogP contribution in [0.5, 0.6) is 0 Å². The molecule has 0 saturated carbocycles. The van der Waals surface area contributed by atoms with Crippen LogP contribution in [0.15, 0.2) is 48.2 Å². The first-order valence-electron chi connectivity index (χ1n) is 6.06. The minimum atomic E-state index is -0.149.